The second-order valence-electron chi connectivity index (χ2n) is 3.84. The zero-order chi connectivity index (χ0) is 12.3. The molecule has 1 heterocycles. The number of aliphatic hydroxyl groups is 2. The number of nitrogen functional groups attached to an aromatic ring is 1. The third-order valence-corrected chi connectivity index (χ3v) is 2.59. The number of rotatable bonds is 4. The molecule has 0 fully saturated rings. The van der Waals surface area contributed by atoms with Crippen LogP contribution in [0, 0.1) is 0 Å². The van der Waals surface area contributed by atoms with Gasteiger partial charge >= 0.3 is 0 Å². The van der Waals surface area contributed by atoms with Crippen LogP contribution in [-0.4, -0.2) is 34.5 Å². The van der Waals surface area contributed by atoms with Crippen LogP contribution in [0.1, 0.15) is 0 Å². The Morgan fingerprint density at radius 2 is 2.12 bits per heavy atom. The maximum Gasteiger partial charge on any atom is 0.0942 e. The van der Waals surface area contributed by atoms with Gasteiger partial charge in [-0.25, -0.2) is 0 Å². The number of nitrogens with one attached hydrogen (secondary N) is 1. The molecule has 5 heteroatoms. The van der Waals surface area contributed by atoms with E-state index >= 15 is 0 Å². The quantitative estimate of drug-likeness (QED) is 0.580. The van der Waals surface area contributed by atoms with Crippen LogP contribution in [0.5, 0.6) is 0 Å². The minimum absolute atomic E-state index is 0.262. The molecule has 17 heavy (non-hydrogen) atoms. The molecule has 0 aliphatic rings. The standard InChI is InChI=1S/C12H15N3O2/c13-11-1-2-12(15-5-8(17)7-16)9-3-4-14-6-10(9)11/h1-4,6,8,15-17H,5,7,13H2. The number of nitrogens with zero attached hydrogens (tertiary/aromatic N) is 1. The summed E-state index contributed by atoms with van der Waals surface area (Å²) in [5.41, 5.74) is 7.38. The zero-order valence-corrected chi connectivity index (χ0v) is 9.30. The van der Waals surface area contributed by atoms with Gasteiger partial charge in [-0.3, -0.25) is 4.98 Å². The molecule has 0 aliphatic heterocycles. The molecule has 0 amide bonds. The lowest BCUT2D eigenvalue weighted by molar-refractivity contribution is 0.105. The number of hydrogen-bond donors (Lipinski definition) is 4. The van der Waals surface area contributed by atoms with Gasteiger partial charge in [0.2, 0.25) is 0 Å². The number of nitrogens with two attached hydrogens (primary N) is 1. The number of benzene rings is 1. The first-order valence-corrected chi connectivity index (χ1v) is 5.37. The fraction of sp³-hybridized carbons (Fsp3) is 0.250. The van der Waals surface area contributed by atoms with Crippen LogP contribution in [0.3, 0.4) is 0 Å². The number of pyridine rings is 1. The summed E-state index contributed by atoms with van der Waals surface area (Å²) in [6.07, 6.45) is 2.62. The lowest BCUT2D eigenvalue weighted by Gasteiger charge is -2.13. The van der Waals surface area contributed by atoms with E-state index in [4.69, 9.17) is 10.8 Å². The van der Waals surface area contributed by atoms with Crippen molar-refractivity contribution < 1.29 is 10.2 Å². The highest BCUT2D eigenvalue weighted by Crippen LogP contribution is 2.27. The molecular weight excluding hydrogens is 218 g/mol. The maximum atomic E-state index is 9.30. The lowest BCUT2D eigenvalue weighted by Crippen LogP contribution is -2.23. The fourth-order valence-corrected chi connectivity index (χ4v) is 1.66. The van der Waals surface area contributed by atoms with Crippen molar-refractivity contribution in [2.24, 2.45) is 0 Å². The Balaban J connectivity index is 2.32. The molecule has 5 N–H and O–H groups in total. The van der Waals surface area contributed by atoms with E-state index in [2.05, 4.69) is 10.3 Å². The third kappa shape index (κ3) is 2.46. The summed E-state index contributed by atoms with van der Waals surface area (Å²) < 4.78 is 0. The smallest absolute Gasteiger partial charge is 0.0942 e. The molecule has 5 nitrogen and oxygen atoms in total. The number of aliphatic hydroxyl groups excluding tert-OH is 2. The van der Waals surface area contributed by atoms with E-state index in [1.165, 1.54) is 0 Å². The predicted octanol–water partition coefficient (Wildman–Crippen LogP) is 0.582. The van der Waals surface area contributed by atoms with Crippen LogP contribution in [-0.2, 0) is 0 Å². The zero-order valence-electron chi connectivity index (χ0n) is 9.30. The van der Waals surface area contributed by atoms with E-state index in [-0.39, 0.29) is 13.2 Å². The largest absolute Gasteiger partial charge is 0.398 e. The Morgan fingerprint density at radius 1 is 1.29 bits per heavy atom. The third-order valence-electron chi connectivity index (χ3n) is 2.59. The number of aromatic nitrogens is 1. The van der Waals surface area contributed by atoms with Crippen LogP contribution >= 0.6 is 0 Å². The van der Waals surface area contributed by atoms with Crippen LogP contribution in [0.15, 0.2) is 30.6 Å². The maximum absolute atomic E-state index is 9.30. The molecule has 0 aliphatic carbocycles. The first-order valence-electron chi connectivity index (χ1n) is 5.37. The molecule has 1 aromatic heterocycles. The molecule has 1 unspecified atom stereocenters. The Hall–Kier alpha value is -1.85. The summed E-state index contributed by atoms with van der Waals surface area (Å²) in [5, 5.41) is 22.9. The van der Waals surface area contributed by atoms with Gasteiger partial charge in [0.25, 0.3) is 0 Å². The highest BCUT2D eigenvalue weighted by atomic mass is 16.3. The first kappa shape index (κ1) is 11.6. The minimum Gasteiger partial charge on any atom is -0.398 e. The molecule has 2 rings (SSSR count). The second kappa shape index (κ2) is 4.99. The summed E-state index contributed by atoms with van der Waals surface area (Å²) in [6, 6.07) is 5.50. The van der Waals surface area contributed by atoms with Gasteiger partial charge in [-0.15, -0.1) is 0 Å². The van der Waals surface area contributed by atoms with Gasteiger partial charge in [-0.1, -0.05) is 0 Å². The molecule has 2 aromatic rings. The lowest BCUT2D eigenvalue weighted by atomic mass is 10.1. The molecule has 1 aromatic carbocycles. The van der Waals surface area contributed by atoms with Crippen LogP contribution in [0.2, 0.25) is 0 Å². The van der Waals surface area contributed by atoms with Crippen LogP contribution in [0.25, 0.3) is 10.8 Å². The van der Waals surface area contributed by atoms with E-state index in [9.17, 15) is 5.11 Å². The Labute approximate surface area is 98.9 Å². The van der Waals surface area contributed by atoms with Crippen LogP contribution < -0.4 is 11.1 Å². The summed E-state index contributed by atoms with van der Waals surface area (Å²) in [6.45, 7) is 0.0271. The highest BCUT2D eigenvalue weighted by molar-refractivity contribution is 6.00. The van der Waals surface area contributed by atoms with Crippen molar-refractivity contribution in [1.29, 1.82) is 0 Å². The number of fused-ring (bicyclic) bond motifs is 1. The monoisotopic (exact) mass is 233 g/mol. The molecular formula is C12H15N3O2. The topological polar surface area (TPSA) is 91.4 Å². The molecule has 0 saturated carbocycles. The van der Waals surface area contributed by atoms with Crippen LogP contribution in [0.4, 0.5) is 11.4 Å². The van der Waals surface area contributed by atoms with Gasteiger partial charge in [0.15, 0.2) is 0 Å². The SMILES string of the molecule is Nc1ccc(NCC(O)CO)c2ccncc12. The molecule has 90 valence electrons. The second-order valence-corrected chi connectivity index (χ2v) is 3.84. The van der Waals surface area contributed by atoms with E-state index in [0.717, 1.165) is 16.5 Å². The van der Waals surface area contributed by atoms with Gasteiger partial charge < -0.3 is 21.3 Å². The summed E-state index contributed by atoms with van der Waals surface area (Å²) in [4.78, 5) is 4.03. The normalized spacial score (nSPS) is 12.6. The van der Waals surface area contributed by atoms with Crippen molar-refractivity contribution >= 4 is 22.1 Å². The van der Waals surface area contributed by atoms with Crippen molar-refractivity contribution in [2.45, 2.75) is 6.10 Å². The van der Waals surface area contributed by atoms with E-state index in [0.29, 0.717) is 5.69 Å². The van der Waals surface area contributed by atoms with Gasteiger partial charge in [0.1, 0.15) is 0 Å². The molecule has 0 bridgehead atoms. The Bertz CT molecular complexity index is 516. The molecule has 0 radical (unpaired) electrons. The van der Waals surface area contributed by atoms with Crippen molar-refractivity contribution in [2.75, 3.05) is 24.2 Å². The van der Waals surface area contributed by atoms with E-state index in [1.54, 1.807) is 18.5 Å². The number of anilines is 2. The van der Waals surface area contributed by atoms with Gasteiger partial charge in [-0.05, 0) is 18.2 Å². The fourth-order valence-electron chi connectivity index (χ4n) is 1.66. The van der Waals surface area contributed by atoms with Crippen molar-refractivity contribution in [3.05, 3.63) is 30.6 Å². The molecule has 0 spiro atoms. The summed E-state index contributed by atoms with van der Waals surface area (Å²) in [7, 11) is 0. The van der Waals surface area contributed by atoms with E-state index in [1.807, 2.05) is 12.1 Å². The van der Waals surface area contributed by atoms with Gasteiger partial charge in [0, 0.05) is 41.1 Å². The average molecular weight is 233 g/mol. The predicted molar refractivity (Wildman–Crippen MR) is 67.7 cm³/mol. The van der Waals surface area contributed by atoms with Crippen molar-refractivity contribution in [1.82, 2.24) is 4.98 Å². The Morgan fingerprint density at radius 3 is 2.88 bits per heavy atom. The van der Waals surface area contributed by atoms with Crippen molar-refractivity contribution in [3.63, 3.8) is 0 Å². The Kier molecular flexibility index (Phi) is 3.41. The molecule has 0 saturated heterocycles. The summed E-state index contributed by atoms with van der Waals surface area (Å²) >= 11 is 0. The highest BCUT2D eigenvalue weighted by Gasteiger charge is 2.06. The average Bonchev–Trinajstić information content (AvgIpc) is 2.38. The summed E-state index contributed by atoms with van der Waals surface area (Å²) in [5.74, 6) is 0. The van der Waals surface area contributed by atoms with Gasteiger partial charge in [0.05, 0.1) is 12.7 Å². The van der Waals surface area contributed by atoms with Crippen molar-refractivity contribution in [3.8, 4) is 0 Å². The van der Waals surface area contributed by atoms with E-state index < -0.39 is 6.10 Å². The first-order chi connectivity index (χ1) is 8.22. The number of hydrogen-bond acceptors (Lipinski definition) is 5. The minimum atomic E-state index is -0.774. The van der Waals surface area contributed by atoms with Gasteiger partial charge in [-0.2, -0.15) is 0 Å². The molecule has 1 atom stereocenters.